The van der Waals surface area contributed by atoms with Crippen LogP contribution in [0.15, 0.2) is 36.4 Å². The predicted molar refractivity (Wildman–Crippen MR) is 86.4 cm³/mol. The van der Waals surface area contributed by atoms with Gasteiger partial charge in [0.05, 0.1) is 21.8 Å². The van der Waals surface area contributed by atoms with Crippen molar-refractivity contribution in [1.29, 1.82) is 0 Å². The molecule has 1 unspecified atom stereocenters. The Hall–Kier alpha value is -0.640. The van der Waals surface area contributed by atoms with Crippen molar-refractivity contribution in [3.05, 3.63) is 62.1 Å². The zero-order chi connectivity index (χ0) is 14.7. The molecule has 0 heterocycles. The molecular formula is C14H11Cl4NO. The van der Waals surface area contributed by atoms with E-state index in [9.17, 15) is 5.11 Å². The molecule has 106 valence electrons. The van der Waals surface area contributed by atoms with Gasteiger partial charge in [-0.05, 0) is 18.2 Å². The highest BCUT2D eigenvalue weighted by atomic mass is 35.5. The molecule has 0 fully saturated rings. The first-order valence-electron chi connectivity index (χ1n) is 5.80. The van der Waals surface area contributed by atoms with Crippen molar-refractivity contribution < 1.29 is 5.11 Å². The molecule has 0 bridgehead atoms. The molecule has 2 nitrogen and oxygen atoms in total. The maximum atomic E-state index is 10.1. The minimum atomic E-state index is -0.772. The molecule has 2 N–H and O–H groups in total. The van der Waals surface area contributed by atoms with Crippen molar-refractivity contribution in [1.82, 2.24) is 0 Å². The predicted octanol–water partition coefficient (Wildman–Crippen LogP) is 5.45. The highest BCUT2D eigenvalue weighted by Gasteiger charge is 2.13. The molecule has 2 rings (SSSR count). The Morgan fingerprint density at radius 2 is 1.55 bits per heavy atom. The van der Waals surface area contributed by atoms with E-state index < -0.39 is 6.10 Å². The first-order chi connectivity index (χ1) is 9.49. The average Bonchev–Trinajstić information content (AvgIpc) is 2.37. The van der Waals surface area contributed by atoms with Gasteiger partial charge in [0.2, 0.25) is 0 Å². The lowest BCUT2D eigenvalue weighted by molar-refractivity contribution is 0.192. The van der Waals surface area contributed by atoms with Gasteiger partial charge in [-0.2, -0.15) is 0 Å². The van der Waals surface area contributed by atoms with E-state index in [1.807, 2.05) is 6.07 Å². The Morgan fingerprint density at radius 1 is 0.950 bits per heavy atom. The van der Waals surface area contributed by atoms with Crippen LogP contribution in [-0.2, 0) is 0 Å². The van der Waals surface area contributed by atoms with E-state index >= 15 is 0 Å². The van der Waals surface area contributed by atoms with Gasteiger partial charge in [0, 0.05) is 22.2 Å². The fraction of sp³-hybridized carbons (Fsp3) is 0.143. The average molecular weight is 351 g/mol. The van der Waals surface area contributed by atoms with Crippen LogP contribution in [0.1, 0.15) is 11.7 Å². The number of halogens is 4. The number of rotatable bonds is 4. The van der Waals surface area contributed by atoms with Gasteiger partial charge in [-0.3, -0.25) is 0 Å². The van der Waals surface area contributed by atoms with Gasteiger partial charge < -0.3 is 10.4 Å². The summed E-state index contributed by atoms with van der Waals surface area (Å²) in [6.45, 7) is 0.227. The Balaban J connectivity index is 2.12. The molecule has 0 aliphatic carbocycles. The van der Waals surface area contributed by atoms with Gasteiger partial charge in [0.1, 0.15) is 0 Å². The molecule has 0 spiro atoms. The minimum absolute atomic E-state index is 0.227. The van der Waals surface area contributed by atoms with E-state index in [4.69, 9.17) is 46.4 Å². The fourth-order valence-corrected chi connectivity index (χ4v) is 2.98. The van der Waals surface area contributed by atoms with Crippen molar-refractivity contribution >= 4 is 52.1 Å². The lowest BCUT2D eigenvalue weighted by atomic mass is 10.1. The molecule has 0 radical (unpaired) electrons. The number of aliphatic hydroxyl groups excluding tert-OH is 1. The van der Waals surface area contributed by atoms with Crippen LogP contribution >= 0.6 is 46.4 Å². The third-order valence-electron chi connectivity index (χ3n) is 2.74. The zero-order valence-electron chi connectivity index (χ0n) is 10.2. The Morgan fingerprint density at radius 3 is 2.15 bits per heavy atom. The monoisotopic (exact) mass is 349 g/mol. The first-order valence-corrected chi connectivity index (χ1v) is 7.31. The second-order valence-corrected chi connectivity index (χ2v) is 5.82. The molecule has 0 aromatic heterocycles. The molecule has 20 heavy (non-hydrogen) atoms. The molecule has 0 saturated heterocycles. The van der Waals surface area contributed by atoms with Crippen molar-refractivity contribution in [3.8, 4) is 0 Å². The summed E-state index contributed by atoms with van der Waals surface area (Å²) in [5.74, 6) is 0. The number of hydrogen-bond acceptors (Lipinski definition) is 2. The lowest BCUT2D eigenvalue weighted by Crippen LogP contribution is -2.13. The van der Waals surface area contributed by atoms with Crippen molar-refractivity contribution in [2.24, 2.45) is 0 Å². The highest BCUT2D eigenvalue weighted by Crippen LogP contribution is 2.34. The smallest absolute Gasteiger partial charge is 0.0976 e. The number of hydrogen-bond donors (Lipinski definition) is 2. The lowest BCUT2D eigenvalue weighted by Gasteiger charge is -2.16. The van der Waals surface area contributed by atoms with Crippen LogP contribution in [0.2, 0.25) is 20.1 Å². The first kappa shape index (κ1) is 15.7. The molecule has 0 aliphatic heterocycles. The van der Waals surface area contributed by atoms with Crippen molar-refractivity contribution in [2.75, 3.05) is 11.9 Å². The summed E-state index contributed by atoms with van der Waals surface area (Å²) < 4.78 is 0. The van der Waals surface area contributed by atoms with Crippen LogP contribution in [0.25, 0.3) is 0 Å². The number of anilines is 1. The van der Waals surface area contributed by atoms with E-state index in [1.165, 1.54) is 0 Å². The van der Waals surface area contributed by atoms with Gasteiger partial charge in [0.15, 0.2) is 0 Å². The Kier molecular flexibility index (Phi) is 5.42. The van der Waals surface area contributed by atoms with E-state index in [1.54, 1.807) is 30.3 Å². The van der Waals surface area contributed by atoms with Crippen LogP contribution in [0.5, 0.6) is 0 Å². The van der Waals surface area contributed by atoms with Crippen LogP contribution in [0, 0.1) is 0 Å². The quantitative estimate of drug-likeness (QED) is 0.768. The largest absolute Gasteiger partial charge is 0.387 e. The van der Waals surface area contributed by atoms with Crippen LogP contribution in [-0.4, -0.2) is 11.7 Å². The maximum absolute atomic E-state index is 10.1. The SMILES string of the molecule is OC(CNc1c(Cl)cc(Cl)cc1Cl)c1ccccc1Cl. The summed E-state index contributed by atoms with van der Waals surface area (Å²) in [6.07, 6.45) is -0.772. The summed E-state index contributed by atoms with van der Waals surface area (Å²) in [4.78, 5) is 0. The number of benzene rings is 2. The Labute approximate surface area is 137 Å². The van der Waals surface area contributed by atoms with E-state index in [2.05, 4.69) is 5.32 Å². The second kappa shape index (κ2) is 6.88. The van der Waals surface area contributed by atoms with Gasteiger partial charge in [0.25, 0.3) is 0 Å². The van der Waals surface area contributed by atoms with Gasteiger partial charge in [-0.15, -0.1) is 0 Å². The summed E-state index contributed by atoms with van der Waals surface area (Å²) in [6, 6.07) is 10.3. The summed E-state index contributed by atoms with van der Waals surface area (Å²) >= 11 is 24.0. The van der Waals surface area contributed by atoms with Gasteiger partial charge in [-0.1, -0.05) is 64.6 Å². The minimum Gasteiger partial charge on any atom is -0.387 e. The molecule has 0 amide bonds. The van der Waals surface area contributed by atoms with Crippen LogP contribution in [0.4, 0.5) is 5.69 Å². The van der Waals surface area contributed by atoms with Crippen LogP contribution in [0.3, 0.4) is 0 Å². The fourth-order valence-electron chi connectivity index (χ4n) is 1.77. The van der Waals surface area contributed by atoms with Crippen molar-refractivity contribution in [3.63, 3.8) is 0 Å². The molecule has 1 atom stereocenters. The number of aliphatic hydroxyl groups is 1. The van der Waals surface area contributed by atoms with Crippen LogP contribution < -0.4 is 5.32 Å². The van der Waals surface area contributed by atoms with Crippen molar-refractivity contribution in [2.45, 2.75) is 6.10 Å². The normalized spacial score (nSPS) is 12.2. The summed E-state index contributed by atoms with van der Waals surface area (Å²) in [5.41, 5.74) is 1.17. The van der Waals surface area contributed by atoms with E-state index in [0.29, 0.717) is 31.3 Å². The van der Waals surface area contributed by atoms with E-state index in [0.717, 1.165) is 0 Å². The zero-order valence-corrected chi connectivity index (χ0v) is 13.2. The van der Waals surface area contributed by atoms with Gasteiger partial charge >= 0.3 is 0 Å². The molecule has 2 aromatic carbocycles. The van der Waals surface area contributed by atoms with Gasteiger partial charge in [-0.25, -0.2) is 0 Å². The Bertz CT molecular complexity index is 595. The second-order valence-electron chi connectivity index (χ2n) is 4.16. The molecule has 0 saturated carbocycles. The maximum Gasteiger partial charge on any atom is 0.0976 e. The molecule has 0 aliphatic rings. The summed E-state index contributed by atoms with van der Waals surface area (Å²) in [5, 5.41) is 14.9. The summed E-state index contributed by atoms with van der Waals surface area (Å²) in [7, 11) is 0. The van der Waals surface area contributed by atoms with E-state index in [-0.39, 0.29) is 6.54 Å². The molecule has 6 heteroatoms. The molecular weight excluding hydrogens is 340 g/mol. The highest BCUT2D eigenvalue weighted by molar-refractivity contribution is 6.41. The number of nitrogens with one attached hydrogen (secondary N) is 1. The standard InChI is InChI=1S/C14H11Cl4NO/c15-8-5-11(17)14(12(18)6-8)19-7-13(20)9-3-1-2-4-10(9)16/h1-6,13,19-20H,7H2. The molecule has 2 aromatic rings. The third kappa shape index (κ3) is 3.72. The topological polar surface area (TPSA) is 32.3 Å². The third-order valence-corrected chi connectivity index (χ3v) is 3.90.